The van der Waals surface area contributed by atoms with Gasteiger partial charge in [0.1, 0.15) is 5.82 Å². The van der Waals surface area contributed by atoms with Crippen molar-refractivity contribution in [3.05, 3.63) is 46.0 Å². The molecular formula is C11H6ClFOS. The van der Waals surface area contributed by atoms with Crippen LogP contribution in [0.1, 0.15) is 10.4 Å². The van der Waals surface area contributed by atoms with E-state index >= 15 is 0 Å². The van der Waals surface area contributed by atoms with Crippen LogP contribution >= 0.6 is 22.9 Å². The molecule has 76 valence electrons. The summed E-state index contributed by atoms with van der Waals surface area (Å²) in [6, 6.07) is 6.39. The van der Waals surface area contributed by atoms with E-state index < -0.39 is 5.82 Å². The topological polar surface area (TPSA) is 17.1 Å². The van der Waals surface area contributed by atoms with E-state index in [0.717, 1.165) is 0 Å². The number of aldehydes is 1. The highest BCUT2D eigenvalue weighted by molar-refractivity contribution is 7.14. The molecule has 0 atom stereocenters. The summed E-state index contributed by atoms with van der Waals surface area (Å²) in [5.41, 5.74) is 0.427. The van der Waals surface area contributed by atoms with Crippen molar-refractivity contribution >= 4 is 29.2 Å². The van der Waals surface area contributed by atoms with Gasteiger partial charge >= 0.3 is 0 Å². The predicted octanol–water partition coefficient (Wildman–Crippen LogP) is 4.02. The van der Waals surface area contributed by atoms with Crippen LogP contribution in [0.3, 0.4) is 0 Å². The highest BCUT2D eigenvalue weighted by atomic mass is 35.5. The summed E-state index contributed by atoms with van der Waals surface area (Å²) in [6.07, 6.45) is 0.500. The minimum absolute atomic E-state index is 0.0527. The first-order valence-corrected chi connectivity index (χ1v) is 5.47. The Balaban J connectivity index is 2.64. The van der Waals surface area contributed by atoms with Crippen molar-refractivity contribution < 1.29 is 9.18 Å². The molecule has 0 bridgehead atoms. The zero-order chi connectivity index (χ0) is 10.8. The summed E-state index contributed by atoms with van der Waals surface area (Å²) in [7, 11) is 0. The fourth-order valence-corrected chi connectivity index (χ4v) is 2.48. The van der Waals surface area contributed by atoms with Crippen molar-refractivity contribution in [3.63, 3.8) is 0 Å². The lowest BCUT2D eigenvalue weighted by molar-refractivity contribution is 0.112. The van der Waals surface area contributed by atoms with Gasteiger partial charge in [-0.25, -0.2) is 4.39 Å². The molecule has 0 aliphatic carbocycles. The van der Waals surface area contributed by atoms with Gasteiger partial charge in [-0.2, -0.15) is 0 Å². The van der Waals surface area contributed by atoms with E-state index in [-0.39, 0.29) is 5.56 Å². The zero-order valence-corrected chi connectivity index (χ0v) is 9.11. The molecule has 0 fully saturated rings. The fraction of sp³-hybridized carbons (Fsp3) is 0. The van der Waals surface area contributed by atoms with Crippen molar-refractivity contribution in [3.8, 4) is 10.4 Å². The molecule has 0 saturated carbocycles. The van der Waals surface area contributed by atoms with Crippen molar-refractivity contribution in [1.82, 2.24) is 0 Å². The normalized spacial score (nSPS) is 10.3. The predicted molar refractivity (Wildman–Crippen MR) is 60.1 cm³/mol. The number of carbonyl (C=O) groups excluding carboxylic acids is 1. The standard InChI is InChI=1S/C11H6ClFOS/c12-9-4-5-15-11(9)8-3-1-2-7(6-14)10(8)13/h1-6H. The average Bonchev–Trinajstić information content (AvgIpc) is 2.65. The van der Waals surface area contributed by atoms with E-state index in [0.29, 0.717) is 21.7 Å². The number of rotatable bonds is 2. The molecule has 0 aliphatic rings. The van der Waals surface area contributed by atoms with Crippen LogP contribution in [-0.4, -0.2) is 6.29 Å². The second kappa shape index (κ2) is 4.13. The summed E-state index contributed by atoms with van der Waals surface area (Å²) < 4.78 is 13.7. The molecule has 15 heavy (non-hydrogen) atoms. The van der Waals surface area contributed by atoms with Crippen LogP contribution in [0, 0.1) is 5.82 Å². The van der Waals surface area contributed by atoms with E-state index in [2.05, 4.69) is 0 Å². The van der Waals surface area contributed by atoms with Crippen molar-refractivity contribution in [2.45, 2.75) is 0 Å². The van der Waals surface area contributed by atoms with Gasteiger partial charge in [0.2, 0.25) is 0 Å². The Bertz CT molecular complexity index is 507. The van der Waals surface area contributed by atoms with Crippen LogP contribution in [0.4, 0.5) is 4.39 Å². The largest absolute Gasteiger partial charge is 0.298 e. The Morgan fingerprint density at radius 1 is 1.33 bits per heavy atom. The third-order valence-corrected chi connectivity index (χ3v) is 3.39. The molecule has 4 heteroatoms. The lowest BCUT2D eigenvalue weighted by Gasteiger charge is -2.02. The number of benzene rings is 1. The Morgan fingerprint density at radius 3 is 2.73 bits per heavy atom. The third kappa shape index (κ3) is 1.80. The Labute approximate surface area is 95.1 Å². The van der Waals surface area contributed by atoms with Crippen LogP contribution in [0.5, 0.6) is 0 Å². The third-order valence-electron chi connectivity index (χ3n) is 2.02. The molecule has 0 radical (unpaired) electrons. The molecule has 1 nitrogen and oxygen atoms in total. The van der Waals surface area contributed by atoms with Gasteiger partial charge in [-0.1, -0.05) is 23.7 Å². The molecule has 1 aromatic heterocycles. The lowest BCUT2D eigenvalue weighted by Crippen LogP contribution is -1.90. The first kappa shape index (κ1) is 10.3. The summed E-state index contributed by atoms with van der Waals surface area (Å²) in [6.45, 7) is 0. The number of thiophene rings is 1. The average molecular weight is 241 g/mol. The Hall–Kier alpha value is -1.19. The summed E-state index contributed by atoms with van der Waals surface area (Å²) in [5, 5.41) is 2.28. The van der Waals surface area contributed by atoms with Gasteiger partial charge in [-0.3, -0.25) is 4.79 Å². The molecule has 0 amide bonds. The maximum atomic E-state index is 13.7. The monoisotopic (exact) mass is 240 g/mol. The summed E-state index contributed by atoms with van der Waals surface area (Å²) in [4.78, 5) is 11.2. The second-order valence-corrected chi connectivity index (χ2v) is 4.25. The molecule has 0 unspecified atom stereocenters. The smallest absolute Gasteiger partial charge is 0.153 e. The van der Waals surface area contributed by atoms with Crippen molar-refractivity contribution in [1.29, 1.82) is 0 Å². The van der Waals surface area contributed by atoms with Crippen LogP contribution in [0.2, 0.25) is 5.02 Å². The van der Waals surface area contributed by atoms with Gasteiger partial charge in [-0.15, -0.1) is 11.3 Å². The number of carbonyl (C=O) groups is 1. The van der Waals surface area contributed by atoms with E-state index in [4.69, 9.17) is 11.6 Å². The van der Waals surface area contributed by atoms with E-state index in [1.54, 1.807) is 23.6 Å². The minimum atomic E-state index is -0.517. The lowest BCUT2D eigenvalue weighted by atomic mass is 10.1. The van der Waals surface area contributed by atoms with Crippen molar-refractivity contribution in [2.24, 2.45) is 0 Å². The Morgan fingerprint density at radius 2 is 2.13 bits per heavy atom. The van der Waals surface area contributed by atoms with E-state index in [1.165, 1.54) is 17.4 Å². The maximum Gasteiger partial charge on any atom is 0.153 e. The SMILES string of the molecule is O=Cc1cccc(-c2sccc2Cl)c1F. The molecule has 1 aromatic carbocycles. The highest BCUT2D eigenvalue weighted by Crippen LogP contribution is 2.35. The summed E-state index contributed by atoms with van der Waals surface area (Å²) >= 11 is 7.25. The van der Waals surface area contributed by atoms with Crippen LogP contribution in [0.15, 0.2) is 29.6 Å². The fourth-order valence-electron chi connectivity index (χ4n) is 1.30. The van der Waals surface area contributed by atoms with Crippen LogP contribution < -0.4 is 0 Å². The number of halogens is 2. The van der Waals surface area contributed by atoms with Crippen molar-refractivity contribution in [2.75, 3.05) is 0 Å². The van der Waals surface area contributed by atoms with Gasteiger partial charge in [-0.05, 0) is 17.5 Å². The first-order chi connectivity index (χ1) is 7.24. The molecule has 1 heterocycles. The zero-order valence-electron chi connectivity index (χ0n) is 7.54. The molecule has 0 spiro atoms. The first-order valence-electron chi connectivity index (χ1n) is 4.21. The van der Waals surface area contributed by atoms with E-state index in [1.807, 2.05) is 0 Å². The second-order valence-electron chi connectivity index (χ2n) is 2.92. The van der Waals surface area contributed by atoms with Gasteiger partial charge in [0.25, 0.3) is 0 Å². The minimum Gasteiger partial charge on any atom is -0.298 e. The molecular weight excluding hydrogens is 235 g/mol. The number of hydrogen-bond acceptors (Lipinski definition) is 2. The molecule has 0 N–H and O–H groups in total. The Kier molecular flexibility index (Phi) is 2.84. The number of hydrogen-bond donors (Lipinski definition) is 0. The van der Waals surface area contributed by atoms with Gasteiger partial charge in [0.05, 0.1) is 15.5 Å². The highest BCUT2D eigenvalue weighted by Gasteiger charge is 2.12. The van der Waals surface area contributed by atoms with E-state index in [9.17, 15) is 9.18 Å². The van der Waals surface area contributed by atoms with Gasteiger partial charge < -0.3 is 0 Å². The van der Waals surface area contributed by atoms with Crippen LogP contribution in [-0.2, 0) is 0 Å². The molecule has 2 aromatic rings. The summed E-state index contributed by atoms with van der Waals surface area (Å²) in [5.74, 6) is -0.517. The molecule has 2 rings (SSSR count). The molecule has 0 saturated heterocycles. The quantitative estimate of drug-likeness (QED) is 0.725. The molecule has 0 aliphatic heterocycles. The van der Waals surface area contributed by atoms with Crippen LogP contribution in [0.25, 0.3) is 10.4 Å². The van der Waals surface area contributed by atoms with Gasteiger partial charge in [0.15, 0.2) is 6.29 Å². The van der Waals surface area contributed by atoms with Gasteiger partial charge in [0, 0.05) is 5.56 Å². The maximum absolute atomic E-state index is 13.7.